The fraction of sp³-hybridized carbons (Fsp3) is 0.176. The molecular weight excluding hydrogens is 282 g/mol. The first-order valence-electron chi connectivity index (χ1n) is 6.77. The van der Waals surface area contributed by atoms with Gasteiger partial charge in [-0.2, -0.15) is 0 Å². The molecule has 2 aromatic rings. The fourth-order valence-corrected chi connectivity index (χ4v) is 2.12. The summed E-state index contributed by atoms with van der Waals surface area (Å²) in [5.74, 6) is -0.610. The predicted octanol–water partition coefficient (Wildman–Crippen LogP) is 2.88. The zero-order chi connectivity index (χ0) is 16.1. The van der Waals surface area contributed by atoms with Crippen LogP contribution < -0.4 is 10.1 Å². The summed E-state index contributed by atoms with van der Waals surface area (Å²) < 4.78 is 5.06. The normalized spacial score (nSPS) is 10.1. The van der Waals surface area contributed by atoms with E-state index in [-0.39, 0.29) is 17.9 Å². The minimum absolute atomic E-state index is 0.0862. The second-order valence-electron chi connectivity index (χ2n) is 4.88. The molecule has 0 radical (unpaired) electrons. The van der Waals surface area contributed by atoms with Gasteiger partial charge in [-0.1, -0.05) is 24.3 Å². The van der Waals surface area contributed by atoms with E-state index in [0.717, 1.165) is 11.3 Å². The summed E-state index contributed by atoms with van der Waals surface area (Å²) in [5.41, 5.74) is 1.96. The van der Waals surface area contributed by atoms with Gasteiger partial charge in [0, 0.05) is 0 Å². The number of carbonyl (C=O) groups excluding carboxylic acids is 1. The van der Waals surface area contributed by atoms with Crippen molar-refractivity contribution in [2.45, 2.75) is 13.3 Å². The molecule has 1 amide bonds. The highest BCUT2D eigenvalue weighted by Gasteiger charge is 2.14. The maximum absolute atomic E-state index is 12.1. The van der Waals surface area contributed by atoms with Gasteiger partial charge in [0.15, 0.2) is 0 Å². The lowest BCUT2D eigenvalue weighted by atomic mass is 10.1. The molecule has 2 rings (SSSR count). The van der Waals surface area contributed by atoms with E-state index in [1.54, 1.807) is 50.4 Å². The summed E-state index contributed by atoms with van der Waals surface area (Å²) in [6.07, 6.45) is 0.164. The molecule has 114 valence electrons. The Morgan fingerprint density at radius 3 is 2.41 bits per heavy atom. The minimum atomic E-state index is -1.07. The minimum Gasteiger partial charge on any atom is -0.497 e. The third kappa shape index (κ3) is 3.63. The summed E-state index contributed by atoms with van der Waals surface area (Å²) >= 11 is 0. The Hall–Kier alpha value is -2.82. The van der Waals surface area contributed by atoms with Crippen molar-refractivity contribution >= 4 is 17.6 Å². The van der Waals surface area contributed by atoms with Crippen LogP contribution in [0.15, 0.2) is 42.5 Å². The Morgan fingerprint density at radius 2 is 1.82 bits per heavy atom. The predicted molar refractivity (Wildman–Crippen MR) is 83.5 cm³/mol. The zero-order valence-electron chi connectivity index (χ0n) is 12.4. The lowest BCUT2D eigenvalue weighted by Crippen LogP contribution is -2.17. The van der Waals surface area contributed by atoms with Crippen LogP contribution in [0, 0.1) is 6.92 Å². The number of carboxylic acids is 1. The van der Waals surface area contributed by atoms with Crippen molar-refractivity contribution in [2.24, 2.45) is 0 Å². The number of anilines is 1. The highest BCUT2D eigenvalue weighted by Crippen LogP contribution is 2.21. The SMILES string of the molecule is COc1ccc(CC(=O)Nc2c(C)cccc2C(=O)O)cc1. The molecule has 0 atom stereocenters. The average Bonchev–Trinajstić information content (AvgIpc) is 2.49. The summed E-state index contributed by atoms with van der Waals surface area (Å²) in [6.45, 7) is 1.76. The van der Waals surface area contributed by atoms with Gasteiger partial charge in [0.05, 0.1) is 24.8 Å². The summed E-state index contributed by atoms with van der Waals surface area (Å²) in [7, 11) is 1.58. The van der Waals surface area contributed by atoms with Gasteiger partial charge in [0.25, 0.3) is 0 Å². The number of rotatable bonds is 5. The number of para-hydroxylation sites is 1. The number of carbonyl (C=O) groups is 2. The smallest absolute Gasteiger partial charge is 0.337 e. The quantitative estimate of drug-likeness (QED) is 0.890. The van der Waals surface area contributed by atoms with Gasteiger partial charge >= 0.3 is 5.97 Å². The van der Waals surface area contributed by atoms with Gasteiger partial charge in [0.2, 0.25) is 5.91 Å². The van der Waals surface area contributed by atoms with Gasteiger partial charge in [0.1, 0.15) is 5.75 Å². The molecule has 2 N–H and O–H groups in total. The van der Waals surface area contributed by atoms with Crippen molar-refractivity contribution in [1.82, 2.24) is 0 Å². The molecule has 0 heterocycles. The van der Waals surface area contributed by atoms with E-state index < -0.39 is 5.97 Å². The molecule has 5 nitrogen and oxygen atoms in total. The van der Waals surface area contributed by atoms with Crippen LogP contribution in [0.3, 0.4) is 0 Å². The van der Waals surface area contributed by atoms with Crippen LogP contribution >= 0.6 is 0 Å². The molecule has 0 spiro atoms. The van der Waals surface area contributed by atoms with Crippen molar-refractivity contribution < 1.29 is 19.4 Å². The van der Waals surface area contributed by atoms with Crippen molar-refractivity contribution in [2.75, 3.05) is 12.4 Å². The second kappa shape index (κ2) is 6.76. The highest BCUT2D eigenvalue weighted by atomic mass is 16.5. The number of methoxy groups -OCH3 is 1. The van der Waals surface area contributed by atoms with Crippen LogP contribution in [0.5, 0.6) is 5.75 Å². The van der Waals surface area contributed by atoms with Crippen molar-refractivity contribution in [3.8, 4) is 5.75 Å². The van der Waals surface area contributed by atoms with Gasteiger partial charge in [-0.3, -0.25) is 4.79 Å². The number of benzene rings is 2. The molecule has 0 saturated carbocycles. The third-order valence-corrected chi connectivity index (χ3v) is 3.29. The number of carboxylic acid groups (broad SMARTS) is 1. The van der Waals surface area contributed by atoms with Crippen molar-refractivity contribution in [3.05, 3.63) is 59.2 Å². The van der Waals surface area contributed by atoms with Crippen LogP contribution in [0.1, 0.15) is 21.5 Å². The van der Waals surface area contributed by atoms with Gasteiger partial charge in [-0.25, -0.2) is 4.79 Å². The molecule has 2 aromatic carbocycles. The van der Waals surface area contributed by atoms with Crippen LogP contribution in [0.4, 0.5) is 5.69 Å². The van der Waals surface area contributed by atoms with Crippen LogP contribution in [0.2, 0.25) is 0 Å². The second-order valence-corrected chi connectivity index (χ2v) is 4.88. The molecule has 0 bridgehead atoms. The third-order valence-electron chi connectivity index (χ3n) is 3.29. The largest absolute Gasteiger partial charge is 0.497 e. The topological polar surface area (TPSA) is 75.6 Å². The van der Waals surface area contributed by atoms with E-state index in [1.807, 2.05) is 0 Å². The number of ether oxygens (including phenoxy) is 1. The van der Waals surface area contributed by atoms with Gasteiger partial charge < -0.3 is 15.2 Å². The van der Waals surface area contributed by atoms with Crippen molar-refractivity contribution in [3.63, 3.8) is 0 Å². The van der Waals surface area contributed by atoms with E-state index in [1.165, 1.54) is 6.07 Å². The lowest BCUT2D eigenvalue weighted by Gasteiger charge is -2.11. The van der Waals surface area contributed by atoms with E-state index in [4.69, 9.17) is 4.74 Å². The molecular formula is C17H17NO4. The molecule has 0 fully saturated rings. The highest BCUT2D eigenvalue weighted by molar-refractivity contribution is 6.01. The molecule has 0 unspecified atom stereocenters. The van der Waals surface area contributed by atoms with Gasteiger partial charge in [-0.15, -0.1) is 0 Å². The van der Waals surface area contributed by atoms with E-state index in [2.05, 4.69) is 5.32 Å². The Kier molecular flexibility index (Phi) is 4.78. The maximum Gasteiger partial charge on any atom is 0.337 e. The zero-order valence-corrected chi connectivity index (χ0v) is 12.4. The molecule has 0 aromatic heterocycles. The molecule has 22 heavy (non-hydrogen) atoms. The fourth-order valence-electron chi connectivity index (χ4n) is 2.12. The Balaban J connectivity index is 2.13. The monoisotopic (exact) mass is 299 g/mol. The van der Waals surface area contributed by atoms with Crippen LogP contribution in [-0.2, 0) is 11.2 Å². The van der Waals surface area contributed by atoms with E-state index in [0.29, 0.717) is 11.3 Å². The van der Waals surface area contributed by atoms with E-state index in [9.17, 15) is 14.7 Å². The number of hydrogen-bond donors (Lipinski definition) is 2. The number of amides is 1. The standard InChI is InChI=1S/C17H17NO4/c1-11-4-3-5-14(17(20)21)16(11)18-15(19)10-12-6-8-13(22-2)9-7-12/h3-9H,10H2,1-2H3,(H,18,19)(H,20,21). The lowest BCUT2D eigenvalue weighted by molar-refractivity contribution is -0.115. The first kappa shape index (κ1) is 15.6. The molecule has 0 aliphatic heterocycles. The maximum atomic E-state index is 12.1. The number of aromatic carboxylic acids is 1. The van der Waals surface area contributed by atoms with E-state index >= 15 is 0 Å². The van der Waals surface area contributed by atoms with Crippen LogP contribution in [0.25, 0.3) is 0 Å². The summed E-state index contributed by atoms with van der Waals surface area (Å²) in [4.78, 5) is 23.3. The molecule has 5 heteroatoms. The molecule has 0 aliphatic carbocycles. The molecule has 0 saturated heterocycles. The Labute approximate surface area is 128 Å². The number of aryl methyl sites for hydroxylation is 1. The first-order valence-corrected chi connectivity index (χ1v) is 6.77. The average molecular weight is 299 g/mol. The first-order chi connectivity index (χ1) is 10.5. The number of nitrogens with one attached hydrogen (secondary N) is 1. The van der Waals surface area contributed by atoms with Crippen molar-refractivity contribution in [1.29, 1.82) is 0 Å². The summed E-state index contributed by atoms with van der Waals surface area (Å²) in [6, 6.07) is 12.0. The Morgan fingerprint density at radius 1 is 1.14 bits per heavy atom. The molecule has 0 aliphatic rings. The Bertz CT molecular complexity index is 692. The summed E-state index contributed by atoms with van der Waals surface area (Å²) in [5, 5.41) is 11.9. The van der Waals surface area contributed by atoms with Crippen LogP contribution in [-0.4, -0.2) is 24.1 Å². The van der Waals surface area contributed by atoms with Gasteiger partial charge in [-0.05, 0) is 36.2 Å². The number of hydrogen-bond acceptors (Lipinski definition) is 3.